The molecule has 33 heavy (non-hydrogen) atoms. The van der Waals surface area contributed by atoms with Crippen LogP contribution in [0.3, 0.4) is 0 Å². The van der Waals surface area contributed by atoms with Crippen molar-refractivity contribution < 1.29 is 13.2 Å². The Hall–Kier alpha value is -3.03. The Bertz CT molecular complexity index is 1260. The molecule has 1 amide bonds. The van der Waals surface area contributed by atoms with Crippen LogP contribution in [0.5, 0.6) is 0 Å². The summed E-state index contributed by atoms with van der Waals surface area (Å²) in [5.74, 6) is -0.359. The lowest BCUT2D eigenvalue weighted by Crippen LogP contribution is -2.30. The van der Waals surface area contributed by atoms with Gasteiger partial charge >= 0.3 is 0 Å². The van der Waals surface area contributed by atoms with Crippen molar-refractivity contribution in [2.45, 2.75) is 24.2 Å². The lowest BCUT2D eigenvalue weighted by molar-refractivity contribution is 0.102. The third-order valence-electron chi connectivity index (χ3n) is 5.78. The molecule has 3 aromatic carbocycles. The molecule has 4 rings (SSSR count). The molecule has 8 heteroatoms. The van der Waals surface area contributed by atoms with Gasteiger partial charge in [0.05, 0.1) is 22.0 Å². The first-order valence-electron chi connectivity index (χ1n) is 10.9. The summed E-state index contributed by atoms with van der Waals surface area (Å²) in [6.07, 6.45) is 3.47. The predicted molar refractivity (Wildman–Crippen MR) is 134 cm³/mol. The third-order valence-corrected chi connectivity index (χ3v) is 7.79. The maximum Gasteiger partial charge on any atom is 0.264 e. The van der Waals surface area contributed by atoms with Crippen LogP contribution in [0.4, 0.5) is 17.1 Å². The van der Waals surface area contributed by atoms with Gasteiger partial charge in [-0.1, -0.05) is 35.9 Å². The van der Waals surface area contributed by atoms with E-state index in [4.69, 9.17) is 11.6 Å². The molecule has 0 aliphatic carbocycles. The molecule has 0 aromatic heterocycles. The van der Waals surface area contributed by atoms with Gasteiger partial charge < -0.3 is 10.2 Å². The molecule has 0 saturated carbocycles. The van der Waals surface area contributed by atoms with Gasteiger partial charge in [-0.15, -0.1) is 0 Å². The van der Waals surface area contributed by atoms with Gasteiger partial charge in [0.2, 0.25) is 0 Å². The number of para-hydroxylation sites is 2. The number of carbonyl (C=O) groups is 1. The number of halogens is 1. The molecular formula is C25H26ClN3O3S. The second kappa shape index (κ2) is 9.85. The lowest BCUT2D eigenvalue weighted by atomic mass is 10.1. The van der Waals surface area contributed by atoms with E-state index in [2.05, 4.69) is 10.2 Å². The molecule has 1 aliphatic rings. The van der Waals surface area contributed by atoms with Crippen LogP contribution in [-0.4, -0.2) is 34.5 Å². The van der Waals surface area contributed by atoms with E-state index in [0.717, 1.165) is 35.9 Å². The van der Waals surface area contributed by atoms with Gasteiger partial charge in [0, 0.05) is 30.7 Å². The minimum atomic E-state index is -3.88. The van der Waals surface area contributed by atoms with E-state index >= 15 is 0 Å². The predicted octanol–water partition coefficient (Wildman–Crippen LogP) is 5.41. The van der Waals surface area contributed by atoms with E-state index in [-0.39, 0.29) is 16.4 Å². The molecule has 6 nitrogen and oxygen atoms in total. The smallest absolute Gasteiger partial charge is 0.264 e. The number of amides is 1. The molecular weight excluding hydrogens is 458 g/mol. The number of hydrogen-bond donors (Lipinski definition) is 1. The molecule has 3 aromatic rings. The van der Waals surface area contributed by atoms with Crippen LogP contribution in [0.25, 0.3) is 0 Å². The minimum absolute atomic E-state index is 0.0296. The van der Waals surface area contributed by atoms with E-state index in [9.17, 15) is 13.2 Å². The topological polar surface area (TPSA) is 69.7 Å². The summed E-state index contributed by atoms with van der Waals surface area (Å²) in [7, 11) is -2.42. The number of rotatable bonds is 6. The SMILES string of the molecule is CN(c1cccc(Cl)c1)S(=O)(=O)c1cccc(C(=O)Nc2ccccc2N2CCCCC2)c1. The fourth-order valence-corrected chi connectivity index (χ4v) is 5.37. The Morgan fingerprint density at radius 1 is 0.939 bits per heavy atom. The average molecular weight is 484 g/mol. The number of nitrogens with one attached hydrogen (secondary N) is 1. The quantitative estimate of drug-likeness (QED) is 0.509. The highest BCUT2D eigenvalue weighted by atomic mass is 35.5. The van der Waals surface area contributed by atoms with Gasteiger partial charge in [0.15, 0.2) is 0 Å². The lowest BCUT2D eigenvalue weighted by Gasteiger charge is -2.30. The molecule has 0 atom stereocenters. The first-order valence-corrected chi connectivity index (χ1v) is 12.7. The van der Waals surface area contributed by atoms with E-state index in [1.807, 2.05) is 24.3 Å². The Morgan fingerprint density at radius 3 is 2.42 bits per heavy atom. The van der Waals surface area contributed by atoms with Crippen LogP contribution in [0, 0.1) is 0 Å². The van der Waals surface area contributed by atoms with Gasteiger partial charge in [-0.25, -0.2) is 8.42 Å². The summed E-state index contributed by atoms with van der Waals surface area (Å²) >= 11 is 6.02. The highest BCUT2D eigenvalue weighted by Gasteiger charge is 2.23. The summed E-state index contributed by atoms with van der Waals surface area (Å²) in [5.41, 5.74) is 2.40. The zero-order chi connectivity index (χ0) is 23.4. The summed E-state index contributed by atoms with van der Waals surface area (Å²) in [6, 6.07) is 20.4. The van der Waals surface area contributed by atoms with Crippen molar-refractivity contribution in [3.8, 4) is 0 Å². The molecule has 0 bridgehead atoms. The second-order valence-electron chi connectivity index (χ2n) is 8.00. The number of hydrogen-bond acceptors (Lipinski definition) is 4. The van der Waals surface area contributed by atoms with Crippen LogP contribution in [0.1, 0.15) is 29.6 Å². The van der Waals surface area contributed by atoms with Gasteiger partial charge in [0.25, 0.3) is 15.9 Å². The number of piperidine rings is 1. The normalized spacial score (nSPS) is 14.1. The van der Waals surface area contributed by atoms with E-state index in [1.165, 1.54) is 25.6 Å². The van der Waals surface area contributed by atoms with Crippen LogP contribution >= 0.6 is 11.6 Å². The zero-order valence-corrected chi connectivity index (χ0v) is 19.9. The summed E-state index contributed by atoms with van der Waals surface area (Å²) in [5, 5.41) is 3.40. The van der Waals surface area contributed by atoms with Gasteiger partial charge in [0.1, 0.15) is 0 Å². The van der Waals surface area contributed by atoms with Crippen molar-refractivity contribution in [1.29, 1.82) is 0 Å². The highest BCUT2D eigenvalue weighted by molar-refractivity contribution is 7.92. The van der Waals surface area contributed by atoms with Crippen molar-refractivity contribution in [2.24, 2.45) is 0 Å². The van der Waals surface area contributed by atoms with Crippen LogP contribution in [0.15, 0.2) is 77.7 Å². The number of carbonyl (C=O) groups excluding carboxylic acids is 1. The van der Waals surface area contributed by atoms with Crippen molar-refractivity contribution in [2.75, 3.05) is 34.7 Å². The van der Waals surface area contributed by atoms with Crippen molar-refractivity contribution in [3.05, 3.63) is 83.4 Å². The molecule has 1 aliphatic heterocycles. The fourth-order valence-electron chi connectivity index (χ4n) is 3.95. The monoisotopic (exact) mass is 483 g/mol. The fraction of sp³-hybridized carbons (Fsp3) is 0.240. The number of nitrogens with zero attached hydrogens (tertiary/aromatic N) is 2. The molecule has 0 unspecified atom stereocenters. The minimum Gasteiger partial charge on any atom is -0.370 e. The van der Waals surface area contributed by atoms with E-state index in [1.54, 1.807) is 36.4 Å². The Balaban J connectivity index is 1.58. The van der Waals surface area contributed by atoms with Gasteiger partial charge in [-0.05, 0) is 67.8 Å². The molecule has 0 radical (unpaired) electrons. The summed E-state index contributed by atoms with van der Waals surface area (Å²) in [6.45, 7) is 1.91. The molecule has 0 spiro atoms. The van der Waals surface area contributed by atoms with Crippen LogP contribution < -0.4 is 14.5 Å². The van der Waals surface area contributed by atoms with Crippen LogP contribution in [-0.2, 0) is 10.0 Å². The van der Waals surface area contributed by atoms with E-state index < -0.39 is 10.0 Å². The molecule has 1 fully saturated rings. The third kappa shape index (κ3) is 5.15. The first-order chi connectivity index (χ1) is 15.9. The number of sulfonamides is 1. The van der Waals surface area contributed by atoms with Crippen LogP contribution in [0.2, 0.25) is 5.02 Å². The van der Waals surface area contributed by atoms with Crippen molar-refractivity contribution in [1.82, 2.24) is 0 Å². The van der Waals surface area contributed by atoms with Gasteiger partial charge in [-0.3, -0.25) is 9.10 Å². The molecule has 1 N–H and O–H groups in total. The Labute approximate surface area is 199 Å². The second-order valence-corrected chi connectivity index (χ2v) is 10.4. The first kappa shape index (κ1) is 23.1. The molecule has 172 valence electrons. The Kier molecular flexibility index (Phi) is 6.91. The van der Waals surface area contributed by atoms with Gasteiger partial charge in [-0.2, -0.15) is 0 Å². The largest absolute Gasteiger partial charge is 0.370 e. The van der Waals surface area contributed by atoms with E-state index in [0.29, 0.717) is 16.4 Å². The molecule has 1 heterocycles. The standard InChI is InChI=1S/C25H26ClN3O3S/c1-28(21-11-8-10-20(26)18-21)33(31,32)22-12-7-9-19(17-22)25(30)27-23-13-3-4-14-24(23)29-15-5-2-6-16-29/h3-4,7-14,17-18H,2,5-6,15-16H2,1H3,(H,27,30). The Morgan fingerprint density at radius 2 is 1.67 bits per heavy atom. The van der Waals surface area contributed by atoms with Crippen molar-refractivity contribution in [3.63, 3.8) is 0 Å². The maximum atomic E-state index is 13.2. The number of benzene rings is 3. The summed E-state index contributed by atoms with van der Waals surface area (Å²) in [4.78, 5) is 15.4. The summed E-state index contributed by atoms with van der Waals surface area (Å²) < 4.78 is 27.5. The highest BCUT2D eigenvalue weighted by Crippen LogP contribution is 2.29. The zero-order valence-electron chi connectivity index (χ0n) is 18.4. The number of anilines is 3. The molecule has 1 saturated heterocycles. The average Bonchev–Trinajstić information content (AvgIpc) is 2.84. The van der Waals surface area contributed by atoms with Crippen molar-refractivity contribution >= 4 is 44.6 Å². The maximum absolute atomic E-state index is 13.2.